The molecule has 0 amide bonds. The van der Waals surface area contributed by atoms with Crippen LogP contribution in [0.1, 0.15) is 71.6 Å². The van der Waals surface area contributed by atoms with E-state index >= 15 is 0 Å². The third-order valence-corrected chi connectivity index (χ3v) is 9.10. The van der Waals surface area contributed by atoms with Gasteiger partial charge in [-0.3, -0.25) is 9.35 Å². The fraction of sp³-hybridized carbons (Fsp3) is 0.947. The van der Waals surface area contributed by atoms with Crippen molar-refractivity contribution in [1.82, 2.24) is 0 Å². The highest BCUT2D eigenvalue weighted by atomic mass is 32.3. The van der Waals surface area contributed by atoms with Gasteiger partial charge in [-0.2, -0.15) is 8.42 Å². The first kappa shape index (κ1) is 17.9. The van der Waals surface area contributed by atoms with Crippen molar-refractivity contribution >= 4 is 16.2 Å². The van der Waals surface area contributed by atoms with Crippen LogP contribution in [0.25, 0.3) is 0 Å². The summed E-state index contributed by atoms with van der Waals surface area (Å²) in [7, 11) is -4.37. The van der Waals surface area contributed by atoms with Crippen molar-refractivity contribution in [2.24, 2.45) is 34.5 Å². The molecule has 4 aliphatic carbocycles. The van der Waals surface area contributed by atoms with Crippen molar-refractivity contribution < 1.29 is 21.9 Å². The van der Waals surface area contributed by atoms with Crippen molar-refractivity contribution in [2.45, 2.75) is 77.7 Å². The summed E-state index contributed by atoms with van der Waals surface area (Å²) in [6.07, 6.45) is 8.19. The molecular weight excluding hydrogens is 340 g/mol. The van der Waals surface area contributed by atoms with Gasteiger partial charge in [0.05, 0.1) is 6.10 Å². The molecule has 0 aromatic carbocycles. The summed E-state index contributed by atoms with van der Waals surface area (Å²) in [5.74, 6) is 2.76. The van der Waals surface area contributed by atoms with Crippen LogP contribution in [0.3, 0.4) is 0 Å². The number of carbonyl (C=O) groups excluding carboxylic acids is 1. The Morgan fingerprint density at radius 3 is 2.52 bits per heavy atom. The third kappa shape index (κ3) is 2.79. The van der Waals surface area contributed by atoms with Crippen LogP contribution in [-0.2, 0) is 19.4 Å². The van der Waals surface area contributed by atoms with Gasteiger partial charge in [-0.05, 0) is 80.5 Å². The van der Waals surface area contributed by atoms with Crippen LogP contribution < -0.4 is 0 Å². The molecule has 0 heterocycles. The van der Waals surface area contributed by atoms with Gasteiger partial charge in [0.15, 0.2) is 0 Å². The fourth-order valence-electron chi connectivity index (χ4n) is 7.25. The number of hydrogen-bond acceptors (Lipinski definition) is 4. The summed E-state index contributed by atoms with van der Waals surface area (Å²) >= 11 is 0. The molecule has 4 aliphatic rings. The largest absolute Gasteiger partial charge is 0.397 e. The van der Waals surface area contributed by atoms with Crippen molar-refractivity contribution in [3.63, 3.8) is 0 Å². The molecule has 5 nitrogen and oxygen atoms in total. The second kappa shape index (κ2) is 5.77. The maximum absolute atomic E-state index is 12.4. The SMILES string of the molecule is C[C@]12CCC(OS(=O)(=O)O)CC1CCC1C2CC[C@]2(C)C(=O)CCC12. The number of rotatable bonds is 2. The summed E-state index contributed by atoms with van der Waals surface area (Å²) in [6, 6.07) is 0. The third-order valence-electron chi connectivity index (χ3n) is 8.58. The molecule has 4 saturated carbocycles. The molecule has 0 radical (unpaired) electrons. The molecular formula is C19H30O5S. The molecule has 0 aromatic rings. The fourth-order valence-corrected chi connectivity index (χ4v) is 7.77. The van der Waals surface area contributed by atoms with E-state index in [0.29, 0.717) is 35.9 Å². The highest BCUT2D eigenvalue weighted by molar-refractivity contribution is 7.80. The van der Waals surface area contributed by atoms with E-state index in [1.807, 2.05) is 0 Å². The molecule has 0 aromatic heterocycles. The Hall–Kier alpha value is -0.460. The molecule has 7 atom stereocenters. The monoisotopic (exact) mass is 370 g/mol. The molecule has 0 aliphatic heterocycles. The zero-order chi connectivity index (χ0) is 18.0. The van der Waals surface area contributed by atoms with Gasteiger partial charge in [0, 0.05) is 11.8 Å². The second-order valence-corrected chi connectivity index (χ2v) is 10.5. The summed E-state index contributed by atoms with van der Waals surface area (Å²) in [6.45, 7) is 4.59. The summed E-state index contributed by atoms with van der Waals surface area (Å²) in [4.78, 5) is 12.4. The van der Waals surface area contributed by atoms with E-state index in [-0.39, 0.29) is 16.9 Å². The van der Waals surface area contributed by atoms with E-state index in [0.717, 1.165) is 51.4 Å². The van der Waals surface area contributed by atoms with E-state index in [2.05, 4.69) is 13.8 Å². The van der Waals surface area contributed by atoms with Crippen molar-refractivity contribution in [2.75, 3.05) is 0 Å². The number of carbonyl (C=O) groups is 1. The lowest BCUT2D eigenvalue weighted by Crippen LogP contribution is -2.54. The Morgan fingerprint density at radius 1 is 1.04 bits per heavy atom. The molecule has 0 spiro atoms. The Morgan fingerprint density at radius 2 is 1.80 bits per heavy atom. The smallest absolute Gasteiger partial charge is 0.299 e. The first-order chi connectivity index (χ1) is 11.6. The second-order valence-electron chi connectivity index (χ2n) is 9.50. The first-order valence-corrected chi connectivity index (χ1v) is 11.2. The summed E-state index contributed by atoms with van der Waals surface area (Å²) in [5.41, 5.74) is 0.130. The van der Waals surface area contributed by atoms with E-state index < -0.39 is 10.4 Å². The van der Waals surface area contributed by atoms with Crippen LogP contribution in [0, 0.1) is 34.5 Å². The van der Waals surface area contributed by atoms with Crippen LogP contribution in [0.15, 0.2) is 0 Å². The number of hydrogen-bond donors (Lipinski definition) is 1. The van der Waals surface area contributed by atoms with E-state index in [4.69, 9.17) is 8.74 Å². The minimum atomic E-state index is -4.37. The summed E-state index contributed by atoms with van der Waals surface area (Å²) in [5, 5.41) is 0. The molecule has 142 valence electrons. The maximum atomic E-state index is 12.4. The first-order valence-electron chi connectivity index (χ1n) is 9.82. The number of ketones is 1. The van der Waals surface area contributed by atoms with Gasteiger partial charge in [0.1, 0.15) is 5.78 Å². The van der Waals surface area contributed by atoms with E-state index in [9.17, 15) is 13.2 Å². The van der Waals surface area contributed by atoms with E-state index in [1.54, 1.807) is 0 Å². The highest BCUT2D eigenvalue weighted by Crippen LogP contribution is 2.65. The molecule has 0 bridgehead atoms. The molecule has 6 heteroatoms. The lowest BCUT2D eigenvalue weighted by atomic mass is 9.45. The Kier molecular flexibility index (Phi) is 4.14. The van der Waals surface area contributed by atoms with Gasteiger partial charge in [0.2, 0.25) is 0 Å². The molecule has 0 saturated heterocycles. The van der Waals surface area contributed by atoms with Crippen LogP contribution in [0.4, 0.5) is 0 Å². The molecule has 1 N–H and O–H groups in total. The van der Waals surface area contributed by atoms with Gasteiger partial charge < -0.3 is 0 Å². The van der Waals surface area contributed by atoms with Gasteiger partial charge in [-0.1, -0.05) is 13.8 Å². The quantitative estimate of drug-likeness (QED) is 0.748. The molecule has 4 fully saturated rings. The molecule has 5 unspecified atom stereocenters. The lowest BCUT2D eigenvalue weighted by Gasteiger charge is -2.60. The Labute approximate surface area is 150 Å². The highest BCUT2D eigenvalue weighted by Gasteiger charge is 2.60. The van der Waals surface area contributed by atoms with Crippen molar-refractivity contribution in [1.29, 1.82) is 0 Å². The minimum Gasteiger partial charge on any atom is -0.299 e. The average Bonchev–Trinajstić information content (AvgIpc) is 2.82. The van der Waals surface area contributed by atoms with Gasteiger partial charge in [-0.15, -0.1) is 0 Å². The van der Waals surface area contributed by atoms with Gasteiger partial charge in [-0.25, -0.2) is 4.18 Å². The number of fused-ring (bicyclic) bond motifs is 5. The normalized spacial score (nSPS) is 50.0. The van der Waals surface area contributed by atoms with Gasteiger partial charge >= 0.3 is 10.4 Å². The van der Waals surface area contributed by atoms with E-state index in [1.165, 1.54) is 0 Å². The van der Waals surface area contributed by atoms with Crippen molar-refractivity contribution in [3.05, 3.63) is 0 Å². The lowest BCUT2D eigenvalue weighted by molar-refractivity contribution is -0.141. The Balaban J connectivity index is 1.54. The van der Waals surface area contributed by atoms with Crippen LogP contribution >= 0.6 is 0 Å². The standard InChI is InChI=1S/C19H30O5S/c1-18-9-7-13(24-25(21,22)23)11-12(18)3-4-14-15-5-6-17(20)19(15,2)10-8-16(14)18/h12-16H,3-11H2,1-2H3,(H,21,22,23)/t12?,13?,14?,15?,16?,18-,19-/m0/s1. The zero-order valence-corrected chi connectivity index (χ0v) is 16.1. The van der Waals surface area contributed by atoms with Gasteiger partial charge in [0.25, 0.3) is 0 Å². The molecule has 4 rings (SSSR count). The van der Waals surface area contributed by atoms with Crippen LogP contribution in [0.2, 0.25) is 0 Å². The Bertz CT molecular complexity index is 673. The molecule has 25 heavy (non-hydrogen) atoms. The zero-order valence-electron chi connectivity index (χ0n) is 15.2. The average molecular weight is 371 g/mol. The topological polar surface area (TPSA) is 80.7 Å². The van der Waals surface area contributed by atoms with Crippen molar-refractivity contribution in [3.8, 4) is 0 Å². The predicted octanol–water partition coefficient (Wildman–Crippen LogP) is 3.79. The van der Waals surface area contributed by atoms with Crippen LogP contribution in [-0.4, -0.2) is 24.9 Å². The minimum absolute atomic E-state index is 0.0877. The predicted molar refractivity (Wildman–Crippen MR) is 93.2 cm³/mol. The summed E-state index contributed by atoms with van der Waals surface area (Å²) < 4.78 is 36.0. The van der Waals surface area contributed by atoms with Crippen LogP contribution in [0.5, 0.6) is 0 Å². The maximum Gasteiger partial charge on any atom is 0.397 e. The number of Topliss-reactive ketones (excluding diaryl/α,β-unsaturated/α-hetero) is 1.